The maximum absolute atomic E-state index is 12.8. The van der Waals surface area contributed by atoms with Crippen LogP contribution in [0.2, 0.25) is 0 Å². The Labute approximate surface area is 109 Å². The number of benzene rings is 1. The van der Waals surface area contributed by atoms with Gasteiger partial charge in [-0.2, -0.15) is 13.2 Å². The Kier molecular flexibility index (Phi) is 4.89. The maximum Gasteiger partial charge on any atom is 0.416 e. The molecule has 0 aliphatic carbocycles. The fourth-order valence-corrected chi connectivity index (χ4v) is 1.80. The highest BCUT2D eigenvalue weighted by molar-refractivity contribution is 9.09. The van der Waals surface area contributed by atoms with Gasteiger partial charge < -0.3 is 10.2 Å². The Morgan fingerprint density at radius 3 is 2.39 bits per heavy atom. The molecule has 0 aliphatic rings. The summed E-state index contributed by atoms with van der Waals surface area (Å²) in [5.74, 6) is 0. The van der Waals surface area contributed by atoms with Crippen LogP contribution in [0.4, 0.5) is 13.2 Å². The van der Waals surface area contributed by atoms with Gasteiger partial charge in [-0.25, -0.2) is 0 Å². The minimum absolute atomic E-state index is 0.0686. The van der Waals surface area contributed by atoms with E-state index in [9.17, 15) is 28.2 Å². The number of aliphatic hydroxyl groups excluding tert-OH is 2. The highest BCUT2D eigenvalue weighted by Crippen LogP contribution is 2.36. The molecule has 0 fully saturated rings. The second-order valence-corrected chi connectivity index (χ2v) is 4.28. The minimum Gasteiger partial charge on any atom is -0.389 e. The number of aliphatic hydroxyl groups is 2. The largest absolute Gasteiger partial charge is 0.416 e. The van der Waals surface area contributed by atoms with Crippen molar-refractivity contribution >= 4 is 22.2 Å². The van der Waals surface area contributed by atoms with E-state index in [2.05, 4.69) is 15.9 Å². The molecule has 0 bridgehead atoms. The van der Waals surface area contributed by atoms with Crippen molar-refractivity contribution in [2.75, 3.05) is 5.33 Å². The molecule has 0 spiro atoms. The van der Waals surface area contributed by atoms with Crippen LogP contribution in [0.25, 0.3) is 0 Å². The molecular weight excluding hydrogens is 317 g/mol. The van der Waals surface area contributed by atoms with Gasteiger partial charge in [-0.1, -0.05) is 28.1 Å². The summed E-state index contributed by atoms with van der Waals surface area (Å²) >= 11 is 2.87. The average Bonchev–Trinajstić information content (AvgIpc) is 2.35. The number of hydrogen-bond donors (Lipinski definition) is 2. The summed E-state index contributed by atoms with van der Waals surface area (Å²) in [6, 6.07) is 2.79. The molecule has 2 unspecified atom stereocenters. The number of alkyl halides is 4. The van der Waals surface area contributed by atoms with Gasteiger partial charge >= 0.3 is 6.18 Å². The molecule has 0 aliphatic heterocycles. The molecule has 18 heavy (non-hydrogen) atoms. The highest BCUT2D eigenvalue weighted by Gasteiger charge is 2.36. The summed E-state index contributed by atoms with van der Waals surface area (Å²) in [7, 11) is 0. The van der Waals surface area contributed by atoms with Gasteiger partial charge in [0.05, 0.1) is 11.7 Å². The zero-order chi connectivity index (χ0) is 13.9. The molecule has 0 saturated carbocycles. The molecule has 0 heterocycles. The van der Waals surface area contributed by atoms with Crippen LogP contribution >= 0.6 is 15.9 Å². The number of carbonyl (C=O) groups excluding carboxylic acids is 1. The van der Waals surface area contributed by atoms with Gasteiger partial charge in [0, 0.05) is 10.9 Å². The number of aldehydes is 1. The predicted octanol–water partition coefficient (Wildman–Crippen LogP) is 2.31. The quantitative estimate of drug-likeness (QED) is 0.659. The standard InChI is InChI=1S/C11H10BrF3O3/c12-4-9(17)10(18)7-2-1-6(5-16)3-8(7)11(13,14)15/h1-3,5,9-10,17-18H,4H2. The number of carbonyl (C=O) groups is 1. The highest BCUT2D eigenvalue weighted by atomic mass is 79.9. The van der Waals surface area contributed by atoms with Gasteiger partial charge in [-0.3, -0.25) is 4.79 Å². The van der Waals surface area contributed by atoms with E-state index < -0.39 is 29.5 Å². The van der Waals surface area contributed by atoms with Gasteiger partial charge in [-0.15, -0.1) is 0 Å². The lowest BCUT2D eigenvalue weighted by Gasteiger charge is -2.20. The van der Waals surface area contributed by atoms with E-state index >= 15 is 0 Å². The lowest BCUT2D eigenvalue weighted by Crippen LogP contribution is -2.23. The summed E-state index contributed by atoms with van der Waals surface area (Å²) < 4.78 is 38.3. The Bertz CT molecular complexity index is 434. The molecule has 1 aromatic carbocycles. The summed E-state index contributed by atoms with van der Waals surface area (Å²) in [5, 5.41) is 18.9. The topological polar surface area (TPSA) is 57.5 Å². The Balaban J connectivity index is 3.30. The molecular formula is C11H10BrF3O3. The van der Waals surface area contributed by atoms with E-state index in [1.165, 1.54) is 0 Å². The zero-order valence-electron chi connectivity index (χ0n) is 8.99. The molecule has 3 nitrogen and oxygen atoms in total. The number of halogens is 4. The van der Waals surface area contributed by atoms with Crippen molar-refractivity contribution in [1.82, 2.24) is 0 Å². The van der Waals surface area contributed by atoms with E-state index in [0.29, 0.717) is 6.07 Å². The SMILES string of the molecule is O=Cc1ccc(C(O)C(O)CBr)c(C(F)(F)F)c1. The van der Waals surface area contributed by atoms with E-state index in [1.54, 1.807) is 0 Å². The van der Waals surface area contributed by atoms with Crippen LogP contribution in [-0.4, -0.2) is 27.9 Å². The van der Waals surface area contributed by atoms with Crippen molar-refractivity contribution in [2.24, 2.45) is 0 Å². The van der Waals surface area contributed by atoms with Crippen LogP contribution < -0.4 is 0 Å². The van der Waals surface area contributed by atoms with Gasteiger partial charge in [0.2, 0.25) is 0 Å². The fourth-order valence-electron chi connectivity index (χ4n) is 1.44. The van der Waals surface area contributed by atoms with Gasteiger partial charge in [-0.05, 0) is 11.6 Å². The zero-order valence-corrected chi connectivity index (χ0v) is 10.6. The van der Waals surface area contributed by atoms with Crippen molar-refractivity contribution < 1.29 is 28.2 Å². The molecule has 100 valence electrons. The Morgan fingerprint density at radius 2 is 1.94 bits per heavy atom. The first-order valence-corrected chi connectivity index (χ1v) is 6.01. The predicted molar refractivity (Wildman–Crippen MR) is 61.6 cm³/mol. The normalized spacial score (nSPS) is 15.2. The molecule has 1 rings (SSSR count). The maximum atomic E-state index is 12.8. The van der Waals surface area contributed by atoms with Crippen LogP contribution in [0.1, 0.15) is 27.6 Å². The van der Waals surface area contributed by atoms with Crippen molar-refractivity contribution in [3.63, 3.8) is 0 Å². The first kappa shape index (κ1) is 15.1. The fraction of sp³-hybridized carbons (Fsp3) is 0.364. The summed E-state index contributed by atoms with van der Waals surface area (Å²) in [6.45, 7) is 0. The van der Waals surface area contributed by atoms with Crippen molar-refractivity contribution in [3.05, 3.63) is 34.9 Å². The van der Waals surface area contributed by atoms with Gasteiger partial charge in [0.15, 0.2) is 0 Å². The lowest BCUT2D eigenvalue weighted by molar-refractivity contribution is -0.139. The van der Waals surface area contributed by atoms with Crippen LogP contribution in [0.3, 0.4) is 0 Å². The Morgan fingerprint density at radius 1 is 1.33 bits per heavy atom. The second-order valence-electron chi connectivity index (χ2n) is 3.63. The molecule has 0 amide bonds. The van der Waals surface area contributed by atoms with Crippen LogP contribution in [-0.2, 0) is 6.18 Å². The molecule has 2 N–H and O–H groups in total. The van der Waals surface area contributed by atoms with Gasteiger partial charge in [0.1, 0.15) is 12.4 Å². The summed E-state index contributed by atoms with van der Waals surface area (Å²) in [5.41, 5.74) is -1.73. The van der Waals surface area contributed by atoms with Crippen molar-refractivity contribution in [2.45, 2.75) is 18.4 Å². The molecule has 0 aromatic heterocycles. The lowest BCUT2D eigenvalue weighted by atomic mass is 9.97. The van der Waals surface area contributed by atoms with Crippen LogP contribution in [0, 0.1) is 0 Å². The summed E-state index contributed by atoms with van der Waals surface area (Å²) in [6.07, 6.45) is -7.47. The first-order valence-electron chi connectivity index (χ1n) is 4.89. The molecule has 0 saturated heterocycles. The van der Waals surface area contributed by atoms with Crippen LogP contribution in [0.5, 0.6) is 0 Å². The van der Waals surface area contributed by atoms with Gasteiger partial charge in [0.25, 0.3) is 0 Å². The van der Waals surface area contributed by atoms with Crippen molar-refractivity contribution in [3.8, 4) is 0 Å². The van der Waals surface area contributed by atoms with Crippen molar-refractivity contribution in [1.29, 1.82) is 0 Å². The van der Waals surface area contributed by atoms with E-state index in [1.807, 2.05) is 0 Å². The monoisotopic (exact) mass is 326 g/mol. The average molecular weight is 327 g/mol. The molecule has 2 atom stereocenters. The van der Waals surface area contributed by atoms with E-state index in [4.69, 9.17) is 0 Å². The molecule has 0 radical (unpaired) electrons. The first-order chi connectivity index (χ1) is 8.31. The third kappa shape index (κ3) is 3.30. The second kappa shape index (κ2) is 5.81. The smallest absolute Gasteiger partial charge is 0.389 e. The summed E-state index contributed by atoms with van der Waals surface area (Å²) in [4.78, 5) is 10.5. The van der Waals surface area contributed by atoms with Crippen LogP contribution in [0.15, 0.2) is 18.2 Å². The number of hydrogen-bond acceptors (Lipinski definition) is 3. The third-order valence-corrected chi connectivity index (χ3v) is 3.02. The van der Waals surface area contributed by atoms with E-state index in [0.717, 1.165) is 12.1 Å². The van der Waals surface area contributed by atoms with E-state index in [-0.39, 0.29) is 17.2 Å². The molecule has 7 heteroatoms. The Hall–Kier alpha value is -0.920. The minimum atomic E-state index is -4.71. The molecule has 1 aromatic rings. The third-order valence-electron chi connectivity index (χ3n) is 2.36. The number of rotatable bonds is 4.